The molecule has 0 unspecified atom stereocenters. The molecular formula is C7H4ClNO2. The molecule has 1 rings (SSSR count). The second-order valence-electron chi connectivity index (χ2n) is 1.90. The highest BCUT2D eigenvalue weighted by Gasteiger charge is 2.08. The Morgan fingerprint density at radius 2 is 1.91 bits per heavy atom. The van der Waals surface area contributed by atoms with Crippen molar-refractivity contribution in [1.29, 1.82) is 5.26 Å². The Balaban J connectivity index is 3.40. The summed E-state index contributed by atoms with van der Waals surface area (Å²) in [6.07, 6.45) is 0. The zero-order chi connectivity index (χ0) is 8.43. The SMILES string of the molecule is N#Cc1ccc(Cl)c(O)c1O. The molecule has 0 saturated heterocycles. The van der Waals surface area contributed by atoms with Crippen LogP contribution >= 0.6 is 11.6 Å². The molecule has 0 fully saturated rings. The third-order valence-electron chi connectivity index (χ3n) is 1.22. The molecule has 3 nitrogen and oxygen atoms in total. The van der Waals surface area contributed by atoms with Crippen molar-refractivity contribution in [1.82, 2.24) is 0 Å². The van der Waals surface area contributed by atoms with Gasteiger partial charge in [-0.25, -0.2) is 0 Å². The fourth-order valence-corrected chi connectivity index (χ4v) is 0.798. The Bertz CT molecular complexity index is 330. The second kappa shape index (κ2) is 2.69. The summed E-state index contributed by atoms with van der Waals surface area (Å²) in [6, 6.07) is 4.37. The molecule has 56 valence electrons. The highest BCUT2D eigenvalue weighted by Crippen LogP contribution is 2.34. The van der Waals surface area contributed by atoms with E-state index in [-0.39, 0.29) is 10.6 Å². The number of benzene rings is 1. The van der Waals surface area contributed by atoms with Crippen molar-refractivity contribution >= 4 is 11.6 Å². The van der Waals surface area contributed by atoms with Crippen molar-refractivity contribution < 1.29 is 10.2 Å². The quantitative estimate of drug-likeness (QED) is 0.580. The van der Waals surface area contributed by atoms with Crippen LogP contribution in [0.25, 0.3) is 0 Å². The smallest absolute Gasteiger partial charge is 0.177 e. The van der Waals surface area contributed by atoms with Gasteiger partial charge in [-0.15, -0.1) is 0 Å². The van der Waals surface area contributed by atoms with E-state index in [1.807, 2.05) is 0 Å². The maximum atomic E-state index is 9.02. The average Bonchev–Trinajstić information content (AvgIpc) is 2.01. The number of hydrogen-bond donors (Lipinski definition) is 2. The Kier molecular flexibility index (Phi) is 1.88. The van der Waals surface area contributed by atoms with Gasteiger partial charge >= 0.3 is 0 Å². The fourth-order valence-electron chi connectivity index (χ4n) is 0.645. The van der Waals surface area contributed by atoms with E-state index in [1.54, 1.807) is 6.07 Å². The van der Waals surface area contributed by atoms with Gasteiger partial charge in [-0.2, -0.15) is 5.26 Å². The molecule has 0 atom stereocenters. The van der Waals surface area contributed by atoms with Gasteiger partial charge in [0.05, 0.1) is 10.6 Å². The van der Waals surface area contributed by atoms with Crippen molar-refractivity contribution in [2.45, 2.75) is 0 Å². The molecule has 0 radical (unpaired) electrons. The van der Waals surface area contributed by atoms with Gasteiger partial charge in [0.25, 0.3) is 0 Å². The van der Waals surface area contributed by atoms with Crippen molar-refractivity contribution in [2.75, 3.05) is 0 Å². The van der Waals surface area contributed by atoms with Gasteiger partial charge in [-0.3, -0.25) is 0 Å². The maximum absolute atomic E-state index is 9.02. The molecule has 0 aliphatic carbocycles. The molecule has 1 aromatic rings. The van der Waals surface area contributed by atoms with Crippen molar-refractivity contribution in [3.63, 3.8) is 0 Å². The molecule has 2 N–H and O–H groups in total. The van der Waals surface area contributed by atoms with E-state index < -0.39 is 11.5 Å². The summed E-state index contributed by atoms with van der Waals surface area (Å²) in [5.41, 5.74) is 0.00639. The monoisotopic (exact) mass is 169 g/mol. The Morgan fingerprint density at radius 3 is 2.45 bits per heavy atom. The number of hydrogen-bond acceptors (Lipinski definition) is 3. The van der Waals surface area contributed by atoms with Crippen LogP contribution in [-0.4, -0.2) is 10.2 Å². The Morgan fingerprint density at radius 1 is 1.27 bits per heavy atom. The summed E-state index contributed by atoms with van der Waals surface area (Å²) in [6.45, 7) is 0. The number of halogens is 1. The van der Waals surface area contributed by atoms with Crippen LogP contribution in [0.2, 0.25) is 5.02 Å². The van der Waals surface area contributed by atoms with E-state index in [1.165, 1.54) is 12.1 Å². The average molecular weight is 170 g/mol. The topological polar surface area (TPSA) is 64.2 Å². The van der Waals surface area contributed by atoms with Crippen LogP contribution in [0, 0.1) is 11.3 Å². The Labute approximate surface area is 68.1 Å². The molecular weight excluding hydrogens is 166 g/mol. The first-order valence-electron chi connectivity index (χ1n) is 2.77. The van der Waals surface area contributed by atoms with E-state index in [9.17, 15) is 0 Å². The molecule has 4 heteroatoms. The lowest BCUT2D eigenvalue weighted by atomic mass is 10.2. The molecule has 1 aromatic carbocycles. The largest absolute Gasteiger partial charge is 0.503 e. The third-order valence-corrected chi connectivity index (χ3v) is 1.53. The van der Waals surface area contributed by atoms with Crippen molar-refractivity contribution in [2.24, 2.45) is 0 Å². The molecule has 0 spiro atoms. The van der Waals surface area contributed by atoms with Crippen LogP contribution in [0.3, 0.4) is 0 Å². The zero-order valence-electron chi connectivity index (χ0n) is 5.37. The van der Waals surface area contributed by atoms with E-state index >= 15 is 0 Å². The third kappa shape index (κ3) is 1.21. The fraction of sp³-hybridized carbons (Fsp3) is 0. The first-order valence-corrected chi connectivity index (χ1v) is 3.15. The lowest BCUT2D eigenvalue weighted by Gasteiger charge is -1.99. The molecule has 0 aliphatic heterocycles. The van der Waals surface area contributed by atoms with Gasteiger partial charge in [-0.05, 0) is 12.1 Å². The van der Waals surface area contributed by atoms with Crippen LogP contribution in [0.1, 0.15) is 5.56 Å². The lowest BCUT2D eigenvalue weighted by molar-refractivity contribution is 0.403. The van der Waals surface area contributed by atoms with Crippen molar-refractivity contribution in [3.8, 4) is 17.6 Å². The number of nitrogens with zero attached hydrogens (tertiary/aromatic N) is 1. The van der Waals surface area contributed by atoms with Gasteiger partial charge in [0.15, 0.2) is 11.5 Å². The van der Waals surface area contributed by atoms with E-state index in [4.69, 9.17) is 27.1 Å². The first kappa shape index (κ1) is 7.70. The van der Waals surface area contributed by atoms with Crippen LogP contribution in [0.15, 0.2) is 12.1 Å². The summed E-state index contributed by atoms with van der Waals surface area (Å²) >= 11 is 5.42. The number of rotatable bonds is 0. The highest BCUT2D eigenvalue weighted by atomic mass is 35.5. The maximum Gasteiger partial charge on any atom is 0.177 e. The number of phenolic OH excluding ortho intramolecular Hbond substituents is 2. The molecule has 0 bridgehead atoms. The van der Waals surface area contributed by atoms with Crippen LogP contribution < -0.4 is 0 Å². The number of phenols is 2. The molecule has 0 aliphatic rings. The summed E-state index contributed by atoms with van der Waals surface area (Å²) in [7, 11) is 0. The van der Waals surface area contributed by atoms with Gasteiger partial charge < -0.3 is 10.2 Å². The van der Waals surface area contributed by atoms with Gasteiger partial charge in [0, 0.05) is 0 Å². The van der Waals surface area contributed by atoms with E-state index in [0.29, 0.717) is 0 Å². The minimum Gasteiger partial charge on any atom is -0.503 e. The standard InChI is InChI=1S/C7H4ClNO2/c8-5-2-1-4(3-9)6(10)7(5)11/h1-2,10-11H. The summed E-state index contributed by atoms with van der Waals surface area (Å²) in [5, 5.41) is 26.4. The minimum atomic E-state index is -0.472. The number of aromatic hydroxyl groups is 2. The van der Waals surface area contributed by atoms with Crippen molar-refractivity contribution in [3.05, 3.63) is 22.7 Å². The van der Waals surface area contributed by atoms with Gasteiger partial charge in [0.1, 0.15) is 6.07 Å². The van der Waals surface area contributed by atoms with E-state index in [0.717, 1.165) is 0 Å². The highest BCUT2D eigenvalue weighted by molar-refractivity contribution is 6.32. The van der Waals surface area contributed by atoms with E-state index in [2.05, 4.69) is 0 Å². The predicted molar refractivity (Wildman–Crippen MR) is 39.5 cm³/mol. The molecule has 0 heterocycles. The predicted octanol–water partition coefficient (Wildman–Crippen LogP) is 1.62. The first-order chi connectivity index (χ1) is 5.16. The van der Waals surface area contributed by atoms with Gasteiger partial charge in [-0.1, -0.05) is 11.6 Å². The zero-order valence-corrected chi connectivity index (χ0v) is 6.13. The lowest BCUT2D eigenvalue weighted by Crippen LogP contribution is -1.77. The summed E-state index contributed by atoms with van der Waals surface area (Å²) in [5.74, 6) is -0.925. The normalized spacial score (nSPS) is 9.09. The molecule has 0 saturated carbocycles. The van der Waals surface area contributed by atoms with Gasteiger partial charge in [0.2, 0.25) is 0 Å². The Hall–Kier alpha value is -1.40. The molecule has 11 heavy (non-hydrogen) atoms. The summed E-state index contributed by atoms with van der Waals surface area (Å²) in [4.78, 5) is 0. The minimum absolute atomic E-state index is 0.00639. The summed E-state index contributed by atoms with van der Waals surface area (Å²) < 4.78 is 0. The van der Waals surface area contributed by atoms with Crippen LogP contribution in [0.4, 0.5) is 0 Å². The second-order valence-corrected chi connectivity index (χ2v) is 2.31. The molecule has 0 amide bonds. The molecule has 0 aromatic heterocycles. The van der Waals surface area contributed by atoms with Crippen LogP contribution in [0.5, 0.6) is 11.5 Å². The number of nitriles is 1. The van der Waals surface area contributed by atoms with Crippen LogP contribution in [-0.2, 0) is 0 Å².